The first-order valence-electron chi connectivity index (χ1n) is 6.89. The number of nitrogens with zero attached hydrogens (tertiary/aromatic N) is 1. The van der Waals surface area contributed by atoms with Crippen LogP contribution in [0.15, 0.2) is 0 Å². The molecule has 98 valence electrons. The summed E-state index contributed by atoms with van der Waals surface area (Å²) in [6, 6.07) is 0.513. The van der Waals surface area contributed by atoms with E-state index in [9.17, 15) is 4.79 Å². The van der Waals surface area contributed by atoms with Gasteiger partial charge in [-0.1, -0.05) is 0 Å². The van der Waals surface area contributed by atoms with E-state index in [4.69, 9.17) is 0 Å². The van der Waals surface area contributed by atoms with Crippen LogP contribution in [0.2, 0.25) is 0 Å². The molecule has 0 aromatic heterocycles. The molecule has 0 aromatic rings. The van der Waals surface area contributed by atoms with Gasteiger partial charge in [0.15, 0.2) is 0 Å². The van der Waals surface area contributed by atoms with E-state index in [1.165, 1.54) is 25.0 Å². The average molecular weight is 256 g/mol. The van der Waals surface area contributed by atoms with Gasteiger partial charge in [0, 0.05) is 24.8 Å². The predicted octanol–water partition coefficient (Wildman–Crippen LogP) is 1.73. The van der Waals surface area contributed by atoms with Crippen LogP contribution >= 0.6 is 11.8 Å². The van der Waals surface area contributed by atoms with Crippen molar-refractivity contribution in [1.29, 1.82) is 0 Å². The van der Waals surface area contributed by atoms with E-state index >= 15 is 0 Å². The topological polar surface area (TPSA) is 32.3 Å². The number of thioether (sulfide) groups is 1. The number of carbonyl (C=O) groups excluding carboxylic acids is 1. The lowest BCUT2D eigenvalue weighted by Crippen LogP contribution is -2.41. The normalized spacial score (nSPS) is 26.1. The van der Waals surface area contributed by atoms with E-state index in [1.807, 2.05) is 11.8 Å². The van der Waals surface area contributed by atoms with Gasteiger partial charge in [-0.3, -0.25) is 4.79 Å². The van der Waals surface area contributed by atoms with Crippen LogP contribution in [-0.2, 0) is 4.79 Å². The van der Waals surface area contributed by atoms with Crippen molar-refractivity contribution in [2.75, 3.05) is 31.1 Å². The number of carbonyl (C=O) groups is 1. The van der Waals surface area contributed by atoms with E-state index < -0.39 is 0 Å². The molecule has 2 heterocycles. The lowest BCUT2D eigenvalue weighted by Gasteiger charge is -2.30. The van der Waals surface area contributed by atoms with Gasteiger partial charge in [-0.15, -0.1) is 0 Å². The van der Waals surface area contributed by atoms with Crippen LogP contribution in [0, 0.1) is 5.92 Å². The van der Waals surface area contributed by atoms with Crippen LogP contribution < -0.4 is 5.32 Å². The van der Waals surface area contributed by atoms with E-state index in [1.54, 1.807) is 0 Å². The molecule has 2 aliphatic rings. The molecule has 1 amide bonds. The van der Waals surface area contributed by atoms with Gasteiger partial charge in [0.25, 0.3) is 0 Å². The van der Waals surface area contributed by atoms with Crippen molar-refractivity contribution in [1.82, 2.24) is 10.2 Å². The minimum atomic E-state index is 0.395. The average Bonchev–Trinajstić information content (AvgIpc) is 2.85. The summed E-state index contributed by atoms with van der Waals surface area (Å²) >= 11 is 1.99. The van der Waals surface area contributed by atoms with Gasteiger partial charge >= 0.3 is 0 Å². The Morgan fingerprint density at radius 3 is 2.71 bits per heavy atom. The zero-order valence-electron chi connectivity index (χ0n) is 10.8. The molecule has 0 bridgehead atoms. The van der Waals surface area contributed by atoms with Crippen molar-refractivity contribution in [3.05, 3.63) is 0 Å². The molecule has 2 fully saturated rings. The largest absolute Gasteiger partial charge is 0.339 e. The molecule has 0 saturated carbocycles. The van der Waals surface area contributed by atoms with Crippen LogP contribution in [-0.4, -0.2) is 48.0 Å². The number of hydrogen-bond acceptors (Lipinski definition) is 3. The minimum absolute atomic E-state index is 0.395. The molecule has 0 unspecified atom stereocenters. The fraction of sp³-hybridized carbons (Fsp3) is 0.923. The van der Waals surface area contributed by atoms with Crippen LogP contribution in [0.3, 0.4) is 0 Å². The van der Waals surface area contributed by atoms with Crippen molar-refractivity contribution in [3.8, 4) is 0 Å². The third kappa shape index (κ3) is 3.62. The summed E-state index contributed by atoms with van der Waals surface area (Å²) in [5.41, 5.74) is 0. The summed E-state index contributed by atoms with van der Waals surface area (Å²) in [6.07, 6.45) is 4.30. The molecule has 0 aromatic carbocycles. The molecular formula is C13H24N2OS. The van der Waals surface area contributed by atoms with Gasteiger partial charge in [0.05, 0.1) is 0 Å². The zero-order chi connectivity index (χ0) is 12.1. The molecule has 1 atom stereocenters. The Kier molecular flexibility index (Phi) is 5.16. The molecule has 0 spiro atoms. The monoisotopic (exact) mass is 256 g/mol. The standard InChI is InChI=1S/C13H24N2OS/c1-2-15(12-5-8-17-10-12)13(16)9-11-3-6-14-7-4-11/h11-12,14H,2-10H2,1H3/t12-/m1/s1. The first-order chi connectivity index (χ1) is 8.31. The van der Waals surface area contributed by atoms with Gasteiger partial charge < -0.3 is 10.2 Å². The van der Waals surface area contributed by atoms with Gasteiger partial charge in [0.1, 0.15) is 0 Å². The highest BCUT2D eigenvalue weighted by molar-refractivity contribution is 7.99. The quantitative estimate of drug-likeness (QED) is 0.831. The smallest absolute Gasteiger partial charge is 0.223 e. The van der Waals surface area contributed by atoms with Gasteiger partial charge in [-0.25, -0.2) is 0 Å². The summed E-state index contributed by atoms with van der Waals surface area (Å²) in [5, 5.41) is 3.36. The maximum atomic E-state index is 12.3. The Labute approximate surface area is 109 Å². The van der Waals surface area contributed by atoms with Crippen molar-refractivity contribution < 1.29 is 4.79 Å². The molecule has 4 heteroatoms. The second kappa shape index (κ2) is 6.64. The number of piperidine rings is 1. The molecule has 2 aliphatic heterocycles. The third-order valence-corrected chi connectivity index (χ3v) is 5.07. The summed E-state index contributed by atoms with van der Waals surface area (Å²) in [5.74, 6) is 3.38. The molecule has 0 radical (unpaired) electrons. The number of amides is 1. The maximum absolute atomic E-state index is 12.3. The zero-order valence-corrected chi connectivity index (χ0v) is 11.6. The Bertz CT molecular complexity index is 248. The third-order valence-electron chi connectivity index (χ3n) is 3.93. The van der Waals surface area contributed by atoms with E-state index in [-0.39, 0.29) is 0 Å². The molecule has 2 saturated heterocycles. The molecular weight excluding hydrogens is 232 g/mol. The van der Waals surface area contributed by atoms with Crippen LogP contribution in [0.1, 0.15) is 32.6 Å². The molecule has 3 nitrogen and oxygen atoms in total. The van der Waals surface area contributed by atoms with Crippen LogP contribution in [0.25, 0.3) is 0 Å². The molecule has 17 heavy (non-hydrogen) atoms. The van der Waals surface area contributed by atoms with Crippen LogP contribution in [0.5, 0.6) is 0 Å². The Morgan fingerprint density at radius 1 is 1.35 bits per heavy atom. The van der Waals surface area contributed by atoms with Crippen molar-refractivity contribution in [2.24, 2.45) is 5.92 Å². The minimum Gasteiger partial charge on any atom is -0.339 e. The number of rotatable bonds is 4. The maximum Gasteiger partial charge on any atom is 0.223 e. The Balaban J connectivity index is 1.83. The van der Waals surface area contributed by atoms with Gasteiger partial charge in [-0.2, -0.15) is 11.8 Å². The number of nitrogens with one attached hydrogen (secondary N) is 1. The lowest BCUT2D eigenvalue weighted by molar-refractivity contribution is -0.134. The van der Waals surface area contributed by atoms with E-state index in [0.29, 0.717) is 17.9 Å². The SMILES string of the molecule is CCN(C(=O)CC1CCNCC1)[C@@H]1CCSC1. The lowest BCUT2D eigenvalue weighted by atomic mass is 9.94. The first-order valence-corrected chi connectivity index (χ1v) is 8.04. The Hall–Kier alpha value is -0.220. The van der Waals surface area contributed by atoms with Gasteiger partial charge in [0.2, 0.25) is 5.91 Å². The molecule has 0 aliphatic carbocycles. The number of hydrogen-bond donors (Lipinski definition) is 1. The Morgan fingerprint density at radius 2 is 2.12 bits per heavy atom. The van der Waals surface area contributed by atoms with Crippen molar-refractivity contribution >= 4 is 17.7 Å². The van der Waals surface area contributed by atoms with Gasteiger partial charge in [-0.05, 0) is 50.9 Å². The highest BCUT2D eigenvalue weighted by Gasteiger charge is 2.27. The van der Waals surface area contributed by atoms with E-state index in [2.05, 4.69) is 17.1 Å². The summed E-state index contributed by atoms with van der Waals surface area (Å²) in [7, 11) is 0. The molecule has 1 N–H and O–H groups in total. The van der Waals surface area contributed by atoms with E-state index in [0.717, 1.165) is 31.8 Å². The molecule has 2 rings (SSSR count). The second-order valence-corrected chi connectivity index (χ2v) is 6.24. The highest BCUT2D eigenvalue weighted by atomic mass is 32.2. The second-order valence-electron chi connectivity index (χ2n) is 5.09. The first kappa shape index (κ1) is 13.2. The summed E-state index contributed by atoms with van der Waals surface area (Å²) < 4.78 is 0. The highest BCUT2D eigenvalue weighted by Crippen LogP contribution is 2.24. The predicted molar refractivity (Wildman–Crippen MR) is 73.3 cm³/mol. The summed E-state index contributed by atoms with van der Waals surface area (Å²) in [6.45, 7) is 5.17. The van der Waals surface area contributed by atoms with Crippen LogP contribution in [0.4, 0.5) is 0 Å². The summed E-state index contributed by atoms with van der Waals surface area (Å²) in [4.78, 5) is 14.5. The fourth-order valence-corrected chi connectivity index (χ4v) is 4.08. The van der Waals surface area contributed by atoms with Crippen molar-refractivity contribution in [3.63, 3.8) is 0 Å². The van der Waals surface area contributed by atoms with Crippen molar-refractivity contribution in [2.45, 2.75) is 38.6 Å². The fourth-order valence-electron chi connectivity index (χ4n) is 2.86.